The van der Waals surface area contributed by atoms with Crippen LogP contribution in [-0.4, -0.2) is 22.9 Å². The van der Waals surface area contributed by atoms with E-state index >= 15 is 0 Å². The molecule has 8 nitrogen and oxygen atoms in total. The summed E-state index contributed by atoms with van der Waals surface area (Å²) >= 11 is 0. The van der Waals surface area contributed by atoms with Crippen molar-refractivity contribution in [1.29, 1.82) is 0 Å². The van der Waals surface area contributed by atoms with Gasteiger partial charge in [0.2, 0.25) is 0 Å². The van der Waals surface area contributed by atoms with Crippen LogP contribution in [0.4, 0.5) is 5.69 Å². The molecule has 1 aromatic rings. The molecule has 0 heterocycles. The Kier molecular flexibility index (Phi) is 4.80. The minimum atomic E-state index is -1.28. The molecular formula is C9H10N6O2. The Balaban J connectivity index is 2.98. The van der Waals surface area contributed by atoms with Gasteiger partial charge in [0.15, 0.2) is 0 Å². The molecule has 0 aliphatic carbocycles. The smallest absolute Gasteiger partial charge is 0.105 e. The molecule has 0 aliphatic heterocycles. The lowest BCUT2D eigenvalue weighted by Crippen LogP contribution is -2.21. The van der Waals surface area contributed by atoms with Gasteiger partial charge in [-0.25, -0.2) is 0 Å². The molecule has 1 rings (SSSR count). The number of aliphatic hydroxyl groups excluding tert-OH is 2. The number of aliphatic hydroxyl groups is 2. The van der Waals surface area contributed by atoms with Gasteiger partial charge >= 0.3 is 0 Å². The fourth-order valence-electron chi connectivity index (χ4n) is 1.30. The Morgan fingerprint density at radius 2 is 1.88 bits per heavy atom. The van der Waals surface area contributed by atoms with Gasteiger partial charge in [-0.3, -0.25) is 0 Å². The van der Waals surface area contributed by atoms with Crippen molar-refractivity contribution in [3.05, 3.63) is 50.7 Å². The number of nitrogens with zero attached hydrogens (tertiary/aromatic N) is 6. The standard InChI is InChI=1S/C9H10N6O2/c10-14-12-5-8(16)9(17)6-3-1-2-4-7(6)13-15-11/h1-4,8-9,16-17H,5H2. The predicted octanol–water partition coefficient (Wildman–Crippen LogP) is 2.33. The van der Waals surface area contributed by atoms with Crippen molar-refractivity contribution >= 4 is 5.69 Å². The second-order valence-electron chi connectivity index (χ2n) is 3.17. The first-order valence-corrected chi connectivity index (χ1v) is 4.71. The summed E-state index contributed by atoms with van der Waals surface area (Å²) in [5, 5.41) is 25.9. The minimum absolute atomic E-state index is 0.225. The van der Waals surface area contributed by atoms with E-state index in [2.05, 4.69) is 20.1 Å². The van der Waals surface area contributed by atoms with Gasteiger partial charge in [-0.15, -0.1) is 0 Å². The van der Waals surface area contributed by atoms with Crippen molar-refractivity contribution < 1.29 is 10.2 Å². The van der Waals surface area contributed by atoms with Gasteiger partial charge in [0.25, 0.3) is 0 Å². The second-order valence-corrected chi connectivity index (χ2v) is 3.17. The topological polar surface area (TPSA) is 138 Å². The lowest BCUT2D eigenvalue weighted by molar-refractivity contribution is 0.0247. The molecule has 2 N–H and O–H groups in total. The lowest BCUT2D eigenvalue weighted by atomic mass is 10.0. The number of hydrogen-bond acceptors (Lipinski definition) is 4. The highest BCUT2D eigenvalue weighted by atomic mass is 16.3. The average Bonchev–Trinajstić information content (AvgIpc) is 2.36. The zero-order valence-corrected chi connectivity index (χ0v) is 8.75. The summed E-state index contributed by atoms with van der Waals surface area (Å²) in [5.74, 6) is 0. The van der Waals surface area contributed by atoms with E-state index in [0.29, 0.717) is 0 Å². The Bertz CT molecular complexity index is 478. The molecule has 1 aromatic carbocycles. The van der Waals surface area contributed by atoms with Gasteiger partial charge in [0.1, 0.15) is 6.10 Å². The third kappa shape index (κ3) is 3.37. The summed E-state index contributed by atoms with van der Waals surface area (Å²) in [6.07, 6.45) is -2.52. The van der Waals surface area contributed by atoms with Crippen LogP contribution in [0.25, 0.3) is 20.9 Å². The SMILES string of the molecule is [N-]=[N+]=NCC(O)C(O)c1ccccc1N=[N+]=[N-]. The first kappa shape index (κ1) is 12.8. The molecule has 2 unspecified atom stereocenters. The Labute approximate surface area is 96.4 Å². The van der Waals surface area contributed by atoms with Gasteiger partial charge in [0.05, 0.1) is 12.6 Å². The fraction of sp³-hybridized carbons (Fsp3) is 0.333. The van der Waals surface area contributed by atoms with Gasteiger partial charge in [0, 0.05) is 15.5 Å². The Hall–Kier alpha value is -2.24. The maximum atomic E-state index is 9.81. The van der Waals surface area contributed by atoms with Gasteiger partial charge < -0.3 is 10.2 Å². The van der Waals surface area contributed by atoms with E-state index in [-0.39, 0.29) is 17.8 Å². The third-order valence-corrected chi connectivity index (χ3v) is 2.10. The van der Waals surface area contributed by atoms with Crippen LogP contribution in [-0.2, 0) is 0 Å². The van der Waals surface area contributed by atoms with Crippen LogP contribution in [0.5, 0.6) is 0 Å². The maximum absolute atomic E-state index is 9.81. The minimum Gasteiger partial charge on any atom is -0.390 e. The largest absolute Gasteiger partial charge is 0.390 e. The summed E-state index contributed by atoms with van der Waals surface area (Å²) in [7, 11) is 0. The summed E-state index contributed by atoms with van der Waals surface area (Å²) in [6.45, 7) is -0.262. The molecule has 0 aromatic heterocycles. The van der Waals surface area contributed by atoms with Crippen LogP contribution < -0.4 is 0 Å². The highest BCUT2D eigenvalue weighted by Crippen LogP contribution is 2.27. The number of rotatable bonds is 5. The van der Waals surface area contributed by atoms with Gasteiger partial charge in [-0.2, -0.15) is 0 Å². The second kappa shape index (κ2) is 6.37. The van der Waals surface area contributed by atoms with Crippen molar-refractivity contribution in [3.8, 4) is 0 Å². The fourth-order valence-corrected chi connectivity index (χ4v) is 1.30. The molecule has 0 aliphatic rings. The molecular weight excluding hydrogens is 224 g/mol. The molecule has 0 spiro atoms. The highest BCUT2D eigenvalue weighted by Gasteiger charge is 2.19. The molecule has 0 radical (unpaired) electrons. The molecule has 17 heavy (non-hydrogen) atoms. The van der Waals surface area contributed by atoms with Crippen LogP contribution in [0.3, 0.4) is 0 Å². The molecule has 2 atom stereocenters. The molecule has 0 amide bonds. The molecule has 0 fully saturated rings. The monoisotopic (exact) mass is 234 g/mol. The quantitative estimate of drug-likeness (QED) is 0.458. The summed E-state index contributed by atoms with van der Waals surface area (Å²) in [6, 6.07) is 6.31. The van der Waals surface area contributed by atoms with E-state index < -0.39 is 12.2 Å². The maximum Gasteiger partial charge on any atom is 0.105 e. The number of benzene rings is 1. The normalized spacial score (nSPS) is 13.1. The van der Waals surface area contributed by atoms with Crippen molar-refractivity contribution in [2.75, 3.05) is 6.54 Å². The summed E-state index contributed by atoms with van der Waals surface area (Å²) < 4.78 is 0. The molecule has 0 bridgehead atoms. The first-order valence-electron chi connectivity index (χ1n) is 4.71. The van der Waals surface area contributed by atoms with Crippen molar-refractivity contribution in [3.63, 3.8) is 0 Å². The zero-order chi connectivity index (χ0) is 12.7. The summed E-state index contributed by atoms with van der Waals surface area (Å²) in [4.78, 5) is 5.10. The van der Waals surface area contributed by atoms with Crippen molar-refractivity contribution in [2.24, 2.45) is 10.2 Å². The van der Waals surface area contributed by atoms with E-state index in [1.54, 1.807) is 12.1 Å². The lowest BCUT2D eigenvalue weighted by Gasteiger charge is -2.17. The highest BCUT2D eigenvalue weighted by molar-refractivity contribution is 5.47. The molecule has 88 valence electrons. The first-order chi connectivity index (χ1) is 8.20. The number of hydrogen-bond donors (Lipinski definition) is 2. The van der Waals surface area contributed by atoms with E-state index in [9.17, 15) is 10.2 Å². The van der Waals surface area contributed by atoms with E-state index in [4.69, 9.17) is 11.1 Å². The van der Waals surface area contributed by atoms with Gasteiger partial charge in [-0.1, -0.05) is 34.5 Å². The van der Waals surface area contributed by atoms with Crippen molar-refractivity contribution in [2.45, 2.75) is 12.2 Å². The average molecular weight is 234 g/mol. The van der Waals surface area contributed by atoms with Gasteiger partial charge in [-0.05, 0) is 16.6 Å². The molecule has 0 saturated heterocycles. The van der Waals surface area contributed by atoms with Crippen molar-refractivity contribution in [1.82, 2.24) is 0 Å². The van der Waals surface area contributed by atoms with Crippen LogP contribution in [0.15, 0.2) is 34.5 Å². The van der Waals surface area contributed by atoms with Crippen LogP contribution in [0, 0.1) is 0 Å². The van der Waals surface area contributed by atoms with Crippen LogP contribution in [0.1, 0.15) is 11.7 Å². The van der Waals surface area contributed by atoms with E-state index in [0.717, 1.165) is 0 Å². The van der Waals surface area contributed by atoms with E-state index in [1.807, 2.05) is 0 Å². The molecule has 0 saturated carbocycles. The van der Waals surface area contributed by atoms with Crippen LogP contribution in [0.2, 0.25) is 0 Å². The van der Waals surface area contributed by atoms with E-state index in [1.165, 1.54) is 12.1 Å². The summed E-state index contributed by atoms with van der Waals surface area (Å²) in [5.41, 5.74) is 17.0. The zero-order valence-electron chi connectivity index (χ0n) is 8.75. The Morgan fingerprint density at radius 3 is 2.53 bits per heavy atom. The predicted molar refractivity (Wildman–Crippen MR) is 60.2 cm³/mol. The number of azide groups is 2. The third-order valence-electron chi connectivity index (χ3n) is 2.10. The Morgan fingerprint density at radius 1 is 1.18 bits per heavy atom. The van der Waals surface area contributed by atoms with Crippen LogP contribution >= 0.6 is 0 Å². The molecule has 8 heteroatoms.